The highest BCUT2D eigenvalue weighted by Gasteiger charge is 2.22. The lowest BCUT2D eigenvalue weighted by molar-refractivity contribution is 0.0452. The van der Waals surface area contributed by atoms with Crippen LogP contribution in [0.1, 0.15) is 28.9 Å². The van der Waals surface area contributed by atoms with Crippen molar-refractivity contribution in [2.24, 2.45) is 0 Å². The largest absolute Gasteiger partial charge is 0.366 e. The molecule has 19 heavy (non-hydrogen) atoms. The lowest BCUT2D eigenvalue weighted by Gasteiger charge is -2.16. The van der Waals surface area contributed by atoms with Crippen molar-refractivity contribution in [1.82, 2.24) is 4.98 Å². The van der Waals surface area contributed by atoms with Gasteiger partial charge in [0.2, 0.25) is 0 Å². The summed E-state index contributed by atoms with van der Waals surface area (Å²) < 4.78 is 18.6. The normalized spacial score (nSPS) is 12.1. The number of ketones is 1. The summed E-state index contributed by atoms with van der Waals surface area (Å²) >= 11 is 0. The number of rotatable bonds is 5. The summed E-state index contributed by atoms with van der Waals surface area (Å²) in [7, 11) is 0. The maximum absolute atomic E-state index is 13.1. The van der Waals surface area contributed by atoms with Gasteiger partial charge in [-0.05, 0) is 18.6 Å². The van der Waals surface area contributed by atoms with Crippen LogP contribution >= 0.6 is 0 Å². The van der Waals surface area contributed by atoms with E-state index >= 15 is 0 Å². The molecule has 1 atom stereocenters. The second-order valence-electron chi connectivity index (χ2n) is 4.00. The Morgan fingerprint density at radius 3 is 2.68 bits per heavy atom. The Morgan fingerprint density at radius 1 is 1.32 bits per heavy atom. The molecule has 0 aliphatic heterocycles. The highest BCUT2D eigenvalue weighted by atomic mass is 19.1. The number of halogens is 1. The third-order valence-electron chi connectivity index (χ3n) is 2.66. The molecule has 2 rings (SSSR count). The van der Waals surface area contributed by atoms with Crippen molar-refractivity contribution in [3.63, 3.8) is 0 Å². The SMILES string of the molecule is CCOC(C(=O)c1cncc(F)c1)c1ccccc1. The number of aromatic nitrogens is 1. The molecule has 1 unspecified atom stereocenters. The smallest absolute Gasteiger partial charge is 0.197 e. The van der Waals surface area contributed by atoms with Crippen molar-refractivity contribution < 1.29 is 13.9 Å². The van der Waals surface area contributed by atoms with Gasteiger partial charge in [-0.3, -0.25) is 9.78 Å². The molecule has 2 aromatic rings. The van der Waals surface area contributed by atoms with Crippen LogP contribution in [0.5, 0.6) is 0 Å². The number of carbonyl (C=O) groups excluding carboxylic acids is 1. The van der Waals surface area contributed by atoms with Crippen LogP contribution in [0.25, 0.3) is 0 Å². The lowest BCUT2D eigenvalue weighted by Crippen LogP contribution is -2.17. The van der Waals surface area contributed by atoms with E-state index in [1.807, 2.05) is 37.3 Å². The number of carbonyl (C=O) groups is 1. The summed E-state index contributed by atoms with van der Waals surface area (Å²) in [5.41, 5.74) is 0.959. The number of ether oxygens (including phenoxy) is 1. The van der Waals surface area contributed by atoms with E-state index in [-0.39, 0.29) is 11.3 Å². The number of hydrogen-bond donors (Lipinski definition) is 0. The zero-order chi connectivity index (χ0) is 13.7. The lowest BCUT2D eigenvalue weighted by atomic mass is 10.0. The summed E-state index contributed by atoms with van der Waals surface area (Å²) in [5, 5.41) is 0. The van der Waals surface area contributed by atoms with E-state index in [0.29, 0.717) is 6.61 Å². The number of nitrogens with zero attached hydrogens (tertiary/aromatic N) is 1. The fraction of sp³-hybridized carbons (Fsp3) is 0.200. The average Bonchev–Trinajstić information content (AvgIpc) is 2.45. The van der Waals surface area contributed by atoms with E-state index in [4.69, 9.17) is 4.74 Å². The molecule has 1 aromatic carbocycles. The summed E-state index contributed by atoms with van der Waals surface area (Å²) in [6.45, 7) is 2.21. The predicted molar refractivity (Wildman–Crippen MR) is 69.3 cm³/mol. The van der Waals surface area contributed by atoms with Crippen LogP contribution in [0.3, 0.4) is 0 Å². The minimum atomic E-state index is -0.727. The van der Waals surface area contributed by atoms with Gasteiger partial charge in [0.15, 0.2) is 5.78 Å². The van der Waals surface area contributed by atoms with Crippen molar-refractivity contribution >= 4 is 5.78 Å². The molecule has 0 fully saturated rings. The molecule has 1 aromatic heterocycles. The molecule has 0 saturated heterocycles. The quantitative estimate of drug-likeness (QED) is 0.774. The minimum Gasteiger partial charge on any atom is -0.366 e. The molecule has 0 bridgehead atoms. The first-order valence-corrected chi connectivity index (χ1v) is 6.03. The van der Waals surface area contributed by atoms with E-state index < -0.39 is 11.9 Å². The zero-order valence-electron chi connectivity index (χ0n) is 10.5. The Labute approximate surface area is 111 Å². The molecule has 98 valence electrons. The Balaban J connectivity index is 2.32. The van der Waals surface area contributed by atoms with Crippen molar-refractivity contribution in [1.29, 1.82) is 0 Å². The van der Waals surface area contributed by atoms with E-state index in [1.54, 1.807) is 0 Å². The predicted octanol–water partition coefficient (Wildman–Crippen LogP) is 3.18. The van der Waals surface area contributed by atoms with Crippen molar-refractivity contribution in [3.8, 4) is 0 Å². The average molecular weight is 259 g/mol. The third kappa shape index (κ3) is 3.23. The fourth-order valence-corrected chi connectivity index (χ4v) is 1.82. The fourth-order valence-electron chi connectivity index (χ4n) is 1.82. The first-order valence-electron chi connectivity index (χ1n) is 6.03. The van der Waals surface area contributed by atoms with Crippen LogP contribution in [0, 0.1) is 5.82 Å². The maximum Gasteiger partial charge on any atom is 0.197 e. The van der Waals surface area contributed by atoms with Crippen molar-refractivity contribution in [2.45, 2.75) is 13.0 Å². The van der Waals surface area contributed by atoms with Crippen LogP contribution in [-0.4, -0.2) is 17.4 Å². The summed E-state index contributed by atoms with van der Waals surface area (Å²) in [6.07, 6.45) is 1.69. The van der Waals surface area contributed by atoms with Gasteiger partial charge in [0, 0.05) is 18.4 Å². The monoisotopic (exact) mass is 259 g/mol. The van der Waals surface area contributed by atoms with Crippen LogP contribution in [0.15, 0.2) is 48.8 Å². The van der Waals surface area contributed by atoms with Gasteiger partial charge in [-0.25, -0.2) is 4.39 Å². The van der Waals surface area contributed by atoms with Gasteiger partial charge in [0.1, 0.15) is 11.9 Å². The third-order valence-corrected chi connectivity index (χ3v) is 2.66. The summed E-state index contributed by atoms with van der Waals surface area (Å²) in [5.74, 6) is -0.825. The molecule has 0 N–H and O–H groups in total. The molecule has 4 heteroatoms. The molecule has 0 aliphatic rings. The maximum atomic E-state index is 13.1. The van der Waals surface area contributed by atoms with Gasteiger partial charge in [0.25, 0.3) is 0 Å². The Kier molecular flexibility index (Phi) is 4.36. The highest BCUT2D eigenvalue weighted by Crippen LogP contribution is 2.22. The van der Waals surface area contributed by atoms with Gasteiger partial charge >= 0.3 is 0 Å². The molecular formula is C15H14FNO2. The Morgan fingerprint density at radius 2 is 2.05 bits per heavy atom. The first kappa shape index (κ1) is 13.4. The first-order chi connectivity index (χ1) is 9.22. The minimum absolute atomic E-state index is 0.210. The van der Waals surface area contributed by atoms with Gasteiger partial charge in [-0.15, -0.1) is 0 Å². The van der Waals surface area contributed by atoms with Gasteiger partial charge in [-0.1, -0.05) is 30.3 Å². The van der Waals surface area contributed by atoms with E-state index in [2.05, 4.69) is 4.98 Å². The highest BCUT2D eigenvalue weighted by molar-refractivity contribution is 5.99. The standard InChI is InChI=1S/C15H14FNO2/c1-2-19-15(11-6-4-3-5-7-11)14(18)12-8-13(16)10-17-9-12/h3-10,15H,2H2,1H3. The molecule has 0 amide bonds. The Bertz CT molecular complexity index is 557. The molecule has 0 saturated carbocycles. The van der Waals surface area contributed by atoms with Crippen LogP contribution in [0.4, 0.5) is 4.39 Å². The number of pyridine rings is 1. The molecule has 1 heterocycles. The number of Topliss-reactive ketones (excluding diaryl/α,β-unsaturated/α-hetero) is 1. The molecule has 3 nitrogen and oxygen atoms in total. The second-order valence-corrected chi connectivity index (χ2v) is 4.00. The van der Waals surface area contributed by atoms with Gasteiger partial charge in [0.05, 0.1) is 6.20 Å². The zero-order valence-corrected chi connectivity index (χ0v) is 10.5. The van der Waals surface area contributed by atoms with Crippen molar-refractivity contribution in [3.05, 3.63) is 65.7 Å². The van der Waals surface area contributed by atoms with Gasteiger partial charge < -0.3 is 4.74 Å². The Hall–Kier alpha value is -2.07. The van der Waals surface area contributed by atoms with Crippen LogP contribution in [-0.2, 0) is 4.74 Å². The van der Waals surface area contributed by atoms with Crippen LogP contribution < -0.4 is 0 Å². The molecular weight excluding hydrogens is 245 g/mol. The number of hydrogen-bond acceptors (Lipinski definition) is 3. The molecule has 0 aliphatic carbocycles. The van der Waals surface area contributed by atoms with Crippen molar-refractivity contribution in [2.75, 3.05) is 6.61 Å². The number of benzene rings is 1. The van der Waals surface area contributed by atoms with E-state index in [9.17, 15) is 9.18 Å². The summed E-state index contributed by atoms with van der Waals surface area (Å²) in [4.78, 5) is 16.0. The molecule has 0 radical (unpaired) electrons. The second kappa shape index (κ2) is 6.20. The topological polar surface area (TPSA) is 39.2 Å². The van der Waals surface area contributed by atoms with Gasteiger partial charge in [-0.2, -0.15) is 0 Å². The van der Waals surface area contributed by atoms with Crippen LogP contribution in [0.2, 0.25) is 0 Å². The van der Waals surface area contributed by atoms with E-state index in [0.717, 1.165) is 11.8 Å². The van der Waals surface area contributed by atoms with E-state index in [1.165, 1.54) is 12.3 Å². The molecule has 0 spiro atoms. The summed E-state index contributed by atoms with van der Waals surface area (Å²) in [6, 6.07) is 10.3.